The molecule has 0 radical (unpaired) electrons. The molecular formula is C19H36O3. The number of unbranched alkanes of at least 4 members (excludes halogenated alkanes) is 5. The number of hydrogen-bond donors (Lipinski definition) is 0. The lowest BCUT2D eigenvalue weighted by molar-refractivity contribution is -0.235. The van der Waals surface area contributed by atoms with Crippen molar-refractivity contribution < 1.29 is 14.3 Å². The maximum atomic E-state index is 11.4. The Morgan fingerprint density at radius 1 is 1.09 bits per heavy atom. The molecule has 0 aromatic rings. The summed E-state index contributed by atoms with van der Waals surface area (Å²) in [6.07, 6.45) is 11.4. The Bertz CT molecular complexity index is 326. The van der Waals surface area contributed by atoms with Crippen molar-refractivity contribution in [3.8, 4) is 0 Å². The highest BCUT2D eigenvalue weighted by atomic mass is 16.7. The zero-order valence-corrected chi connectivity index (χ0v) is 15.4. The van der Waals surface area contributed by atoms with Crippen LogP contribution in [0.5, 0.6) is 0 Å². The molecule has 1 atom stereocenters. The van der Waals surface area contributed by atoms with Gasteiger partial charge in [0.25, 0.3) is 0 Å². The molecule has 3 heteroatoms. The summed E-state index contributed by atoms with van der Waals surface area (Å²) >= 11 is 0. The summed E-state index contributed by atoms with van der Waals surface area (Å²) in [4.78, 5) is 11.4. The van der Waals surface area contributed by atoms with Gasteiger partial charge in [0.2, 0.25) is 0 Å². The van der Waals surface area contributed by atoms with Crippen LogP contribution in [0, 0.1) is 11.3 Å². The second kappa shape index (κ2) is 9.02. The van der Waals surface area contributed by atoms with E-state index in [-0.39, 0.29) is 5.41 Å². The van der Waals surface area contributed by atoms with E-state index in [0.29, 0.717) is 11.7 Å². The zero-order chi connectivity index (χ0) is 16.6. The third-order valence-electron chi connectivity index (χ3n) is 5.45. The third-order valence-corrected chi connectivity index (χ3v) is 5.45. The number of ether oxygens (including phenoxy) is 2. The van der Waals surface area contributed by atoms with Crippen molar-refractivity contribution in [2.45, 2.75) is 90.8 Å². The van der Waals surface area contributed by atoms with Crippen LogP contribution in [0.25, 0.3) is 0 Å². The third kappa shape index (κ3) is 5.66. The van der Waals surface area contributed by atoms with Gasteiger partial charge in [0.1, 0.15) is 5.78 Å². The van der Waals surface area contributed by atoms with Gasteiger partial charge >= 0.3 is 0 Å². The Labute approximate surface area is 137 Å². The average molecular weight is 312 g/mol. The topological polar surface area (TPSA) is 35.5 Å². The van der Waals surface area contributed by atoms with Crippen molar-refractivity contribution in [3.63, 3.8) is 0 Å². The van der Waals surface area contributed by atoms with Crippen LogP contribution >= 0.6 is 0 Å². The first-order chi connectivity index (χ1) is 10.4. The molecule has 1 saturated carbocycles. The van der Waals surface area contributed by atoms with Gasteiger partial charge in [0, 0.05) is 33.0 Å². The van der Waals surface area contributed by atoms with E-state index in [4.69, 9.17) is 9.47 Å². The quantitative estimate of drug-likeness (QED) is 0.370. The Kier molecular flexibility index (Phi) is 8.06. The molecule has 3 nitrogen and oxygen atoms in total. The number of Topliss-reactive ketones (excluding diaryl/α,β-unsaturated/α-hetero) is 1. The smallest absolute Gasteiger partial charge is 0.167 e. The second-order valence-electron chi connectivity index (χ2n) is 7.58. The molecule has 1 aliphatic rings. The van der Waals surface area contributed by atoms with Crippen LogP contribution in [0.1, 0.15) is 85.0 Å². The lowest BCUT2D eigenvalue weighted by atomic mass is 9.63. The van der Waals surface area contributed by atoms with Crippen LogP contribution in [0.4, 0.5) is 0 Å². The number of methoxy groups -OCH3 is 2. The van der Waals surface area contributed by atoms with Crippen LogP contribution in [0.15, 0.2) is 0 Å². The van der Waals surface area contributed by atoms with Gasteiger partial charge in [-0.15, -0.1) is 0 Å². The first kappa shape index (κ1) is 19.6. The van der Waals surface area contributed by atoms with Gasteiger partial charge in [0.05, 0.1) is 0 Å². The van der Waals surface area contributed by atoms with Crippen molar-refractivity contribution in [2.75, 3.05) is 14.2 Å². The first-order valence-corrected chi connectivity index (χ1v) is 9.01. The van der Waals surface area contributed by atoms with E-state index in [1.807, 2.05) is 6.92 Å². The van der Waals surface area contributed by atoms with E-state index in [1.54, 1.807) is 14.2 Å². The van der Waals surface area contributed by atoms with E-state index >= 15 is 0 Å². The van der Waals surface area contributed by atoms with E-state index in [2.05, 4.69) is 13.8 Å². The maximum Gasteiger partial charge on any atom is 0.167 e. The Balaban J connectivity index is 2.50. The minimum Gasteiger partial charge on any atom is -0.353 e. The minimum atomic E-state index is -0.537. The van der Waals surface area contributed by atoms with E-state index in [1.165, 1.54) is 38.5 Å². The molecular weight excluding hydrogens is 276 g/mol. The highest BCUT2D eigenvalue weighted by Crippen LogP contribution is 2.46. The minimum absolute atomic E-state index is 0.155. The average Bonchev–Trinajstić information content (AvgIpc) is 2.47. The van der Waals surface area contributed by atoms with Gasteiger partial charge in [-0.05, 0) is 25.2 Å². The molecule has 1 unspecified atom stereocenters. The highest BCUT2D eigenvalue weighted by molar-refractivity contribution is 5.85. The molecule has 0 spiro atoms. The molecule has 1 aliphatic carbocycles. The normalized spacial score (nSPS) is 19.0. The van der Waals surface area contributed by atoms with Gasteiger partial charge in [-0.25, -0.2) is 0 Å². The molecule has 130 valence electrons. The Morgan fingerprint density at radius 2 is 1.64 bits per heavy atom. The number of rotatable bonds is 12. The standard InChI is InChI=1S/C19H36O3/c1-6-7-8-9-10-11-12-16(19(3,21-4)22-5)13-18(2)14-17(20)15-18/h16H,6-15H2,1-5H3. The highest BCUT2D eigenvalue weighted by Gasteiger charge is 2.45. The predicted octanol–water partition coefficient (Wildman–Crippen LogP) is 5.12. The summed E-state index contributed by atoms with van der Waals surface area (Å²) in [5, 5.41) is 0. The molecule has 1 rings (SSSR count). The van der Waals surface area contributed by atoms with Gasteiger partial charge in [-0.1, -0.05) is 52.4 Å². The molecule has 0 aromatic carbocycles. The van der Waals surface area contributed by atoms with Crippen LogP contribution in [-0.2, 0) is 14.3 Å². The van der Waals surface area contributed by atoms with Crippen LogP contribution in [0.2, 0.25) is 0 Å². The Morgan fingerprint density at radius 3 is 2.14 bits per heavy atom. The van der Waals surface area contributed by atoms with E-state index < -0.39 is 5.79 Å². The van der Waals surface area contributed by atoms with Crippen LogP contribution < -0.4 is 0 Å². The molecule has 0 saturated heterocycles. The number of carbonyl (C=O) groups excluding carboxylic acids is 1. The van der Waals surface area contributed by atoms with Gasteiger partial charge in [-0.2, -0.15) is 0 Å². The molecule has 0 N–H and O–H groups in total. The second-order valence-corrected chi connectivity index (χ2v) is 7.58. The summed E-state index contributed by atoms with van der Waals surface area (Å²) in [5.41, 5.74) is 0.155. The predicted molar refractivity (Wildman–Crippen MR) is 90.9 cm³/mol. The zero-order valence-electron chi connectivity index (χ0n) is 15.4. The number of ketones is 1. The first-order valence-electron chi connectivity index (χ1n) is 9.01. The molecule has 0 amide bonds. The maximum absolute atomic E-state index is 11.4. The van der Waals surface area contributed by atoms with Gasteiger partial charge in [0.15, 0.2) is 5.79 Å². The summed E-state index contributed by atoms with van der Waals surface area (Å²) in [5.74, 6) is 0.217. The SMILES string of the molecule is CCCCCCCCC(CC1(C)CC(=O)C1)C(C)(OC)OC. The van der Waals surface area contributed by atoms with Gasteiger partial charge in [-0.3, -0.25) is 4.79 Å². The fourth-order valence-electron chi connectivity index (χ4n) is 3.78. The fraction of sp³-hybridized carbons (Fsp3) is 0.947. The van der Waals surface area contributed by atoms with Gasteiger partial charge < -0.3 is 9.47 Å². The molecule has 0 aliphatic heterocycles. The van der Waals surface area contributed by atoms with Crippen molar-refractivity contribution >= 4 is 5.78 Å². The summed E-state index contributed by atoms with van der Waals surface area (Å²) < 4.78 is 11.4. The lowest BCUT2D eigenvalue weighted by Crippen LogP contribution is -2.45. The number of hydrogen-bond acceptors (Lipinski definition) is 3. The lowest BCUT2D eigenvalue weighted by Gasteiger charge is -2.44. The summed E-state index contributed by atoms with van der Waals surface area (Å²) in [7, 11) is 3.46. The van der Waals surface area contributed by atoms with Crippen molar-refractivity contribution in [2.24, 2.45) is 11.3 Å². The molecule has 0 bridgehead atoms. The molecule has 0 aromatic heterocycles. The van der Waals surface area contributed by atoms with E-state index in [9.17, 15) is 4.79 Å². The summed E-state index contributed by atoms with van der Waals surface area (Å²) in [6.45, 7) is 6.52. The summed E-state index contributed by atoms with van der Waals surface area (Å²) in [6, 6.07) is 0. The molecule has 0 heterocycles. The largest absolute Gasteiger partial charge is 0.353 e. The van der Waals surface area contributed by atoms with E-state index in [0.717, 1.165) is 25.7 Å². The van der Waals surface area contributed by atoms with Crippen molar-refractivity contribution in [1.29, 1.82) is 0 Å². The van der Waals surface area contributed by atoms with Crippen molar-refractivity contribution in [1.82, 2.24) is 0 Å². The Hall–Kier alpha value is -0.410. The van der Waals surface area contributed by atoms with Crippen LogP contribution in [0.3, 0.4) is 0 Å². The monoisotopic (exact) mass is 312 g/mol. The molecule has 22 heavy (non-hydrogen) atoms. The fourth-order valence-corrected chi connectivity index (χ4v) is 3.78. The van der Waals surface area contributed by atoms with Crippen molar-refractivity contribution in [3.05, 3.63) is 0 Å². The van der Waals surface area contributed by atoms with Crippen LogP contribution in [-0.4, -0.2) is 25.8 Å². The molecule has 1 fully saturated rings. The number of carbonyl (C=O) groups is 1.